The molecule has 0 atom stereocenters. The number of pyridine rings is 1. The number of hydrogen-bond donors (Lipinski definition) is 2. The molecular formula is C16H26ClIN4O2S. The van der Waals surface area contributed by atoms with Gasteiger partial charge in [0.15, 0.2) is 5.96 Å². The van der Waals surface area contributed by atoms with Crippen molar-refractivity contribution in [2.24, 2.45) is 10.4 Å². The van der Waals surface area contributed by atoms with Crippen molar-refractivity contribution in [3.05, 3.63) is 29.0 Å². The fourth-order valence-corrected chi connectivity index (χ4v) is 4.15. The van der Waals surface area contributed by atoms with Crippen LogP contribution in [0, 0.1) is 5.41 Å². The molecule has 0 amide bonds. The van der Waals surface area contributed by atoms with Crippen molar-refractivity contribution >= 4 is 51.4 Å². The molecule has 1 aliphatic rings. The van der Waals surface area contributed by atoms with Gasteiger partial charge in [-0.1, -0.05) is 17.7 Å². The van der Waals surface area contributed by atoms with Gasteiger partial charge in [0.2, 0.25) is 0 Å². The number of sulfone groups is 1. The Morgan fingerprint density at radius 1 is 1.36 bits per heavy atom. The van der Waals surface area contributed by atoms with E-state index < -0.39 is 9.84 Å². The minimum absolute atomic E-state index is 0. The normalized spacial score (nSPS) is 16.0. The first kappa shape index (κ1) is 22.4. The Kier molecular flexibility index (Phi) is 8.90. The zero-order chi connectivity index (χ0) is 17.6. The van der Waals surface area contributed by atoms with Gasteiger partial charge in [-0.05, 0) is 37.8 Å². The Hall–Kier alpha value is -0.610. The summed E-state index contributed by atoms with van der Waals surface area (Å²) >= 11 is 5.77. The summed E-state index contributed by atoms with van der Waals surface area (Å²) in [6.45, 7) is 4.02. The van der Waals surface area contributed by atoms with E-state index in [0.717, 1.165) is 37.3 Å². The summed E-state index contributed by atoms with van der Waals surface area (Å²) < 4.78 is 23.0. The van der Waals surface area contributed by atoms with E-state index in [-0.39, 0.29) is 35.1 Å². The molecule has 6 nitrogen and oxygen atoms in total. The SMILES string of the molecule is CCNC(=NCC1(CS(C)(=O)=O)CC1)NCCc1ccc(Cl)nc1.I. The molecule has 0 aliphatic heterocycles. The van der Waals surface area contributed by atoms with Crippen molar-refractivity contribution in [2.45, 2.75) is 26.2 Å². The molecule has 9 heteroatoms. The van der Waals surface area contributed by atoms with E-state index in [0.29, 0.717) is 18.2 Å². The summed E-state index contributed by atoms with van der Waals surface area (Å²) in [5, 5.41) is 6.96. The van der Waals surface area contributed by atoms with Crippen LogP contribution in [0.1, 0.15) is 25.3 Å². The van der Waals surface area contributed by atoms with E-state index in [2.05, 4.69) is 20.6 Å². The third kappa shape index (κ3) is 8.54. The largest absolute Gasteiger partial charge is 0.357 e. The molecule has 1 aromatic rings. The Morgan fingerprint density at radius 3 is 2.60 bits per heavy atom. The standard InChI is InChI=1S/C16H25ClN4O2S.HI/c1-3-18-15(19-9-6-13-4-5-14(17)20-10-13)21-11-16(7-8-16)12-24(2,22)23;/h4-5,10H,3,6-9,11-12H2,1-2H3,(H2,18,19,21);1H. The van der Waals surface area contributed by atoms with Gasteiger partial charge < -0.3 is 10.6 Å². The Balaban J connectivity index is 0.00000312. The molecule has 25 heavy (non-hydrogen) atoms. The van der Waals surface area contributed by atoms with Gasteiger partial charge in [-0.2, -0.15) is 0 Å². The molecule has 2 N–H and O–H groups in total. The lowest BCUT2D eigenvalue weighted by atomic mass is 10.1. The highest BCUT2D eigenvalue weighted by molar-refractivity contribution is 14.0. The van der Waals surface area contributed by atoms with Gasteiger partial charge in [0.05, 0.1) is 5.75 Å². The van der Waals surface area contributed by atoms with Crippen LogP contribution in [0.5, 0.6) is 0 Å². The van der Waals surface area contributed by atoms with Gasteiger partial charge in [-0.3, -0.25) is 4.99 Å². The number of nitrogens with zero attached hydrogens (tertiary/aromatic N) is 2. The van der Waals surface area contributed by atoms with Gasteiger partial charge in [0.1, 0.15) is 15.0 Å². The summed E-state index contributed by atoms with van der Waals surface area (Å²) in [5.41, 5.74) is 0.939. The van der Waals surface area contributed by atoms with Crippen LogP contribution in [-0.4, -0.2) is 51.0 Å². The predicted octanol–water partition coefficient (Wildman–Crippen LogP) is 2.28. The van der Waals surface area contributed by atoms with E-state index in [1.807, 2.05) is 13.0 Å². The Labute approximate surface area is 172 Å². The van der Waals surface area contributed by atoms with Gasteiger partial charge in [0.25, 0.3) is 0 Å². The topological polar surface area (TPSA) is 83.5 Å². The first-order valence-corrected chi connectivity index (χ1v) is 10.6. The van der Waals surface area contributed by atoms with Gasteiger partial charge >= 0.3 is 0 Å². The number of rotatable bonds is 8. The lowest BCUT2D eigenvalue weighted by Gasteiger charge is -2.14. The van der Waals surface area contributed by atoms with Crippen molar-refractivity contribution in [2.75, 3.05) is 31.6 Å². The van der Waals surface area contributed by atoms with E-state index in [4.69, 9.17) is 11.6 Å². The Morgan fingerprint density at radius 2 is 2.08 bits per heavy atom. The third-order valence-electron chi connectivity index (χ3n) is 3.94. The molecule has 1 saturated carbocycles. The van der Waals surface area contributed by atoms with Crippen molar-refractivity contribution in [1.29, 1.82) is 0 Å². The number of guanidine groups is 1. The van der Waals surface area contributed by atoms with Crippen LogP contribution < -0.4 is 10.6 Å². The molecule has 1 aliphatic carbocycles. The van der Waals surface area contributed by atoms with Gasteiger partial charge in [0, 0.05) is 37.5 Å². The molecule has 0 aromatic carbocycles. The van der Waals surface area contributed by atoms with E-state index >= 15 is 0 Å². The number of hydrogen-bond acceptors (Lipinski definition) is 4. The average molecular weight is 501 g/mol. The maximum absolute atomic E-state index is 11.5. The van der Waals surface area contributed by atoms with Gasteiger partial charge in [-0.15, -0.1) is 24.0 Å². The Bertz CT molecular complexity index is 676. The van der Waals surface area contributed by atoms with Crippen molar-refractivity contribution in [1.82, 2.24) is 15.6 Å². The van der Waals surface area contributed by atoms with Crippen molar-refractivity contribution < 1.29 is 8.42 Å². The molecule has 2 rings (SSSR count). The summed E-state index contributed by atoms with van der Waals surface area (Å²) in [7, 11) is -2.96. The molecule has 0 bridgehead atoms. The number of nitrogens with one attached hydrogen (secondary N) is 2. The number of aliphatic imine (C=N–C) groups is 1. The van der Waals surface area contributed by atoms with E-state index in [9.17, 15) is 8.42 Å². The zero-order valence-electron chi connectivity index (χ0n) is 14.6. The first-order valence-electron chi connectivity index (χ1n) is 8.12. The summed E-state index contributed by atoms with van der Waals surface area (Å²) in [6, 6.07) is 3.73. The molecule has 0 spiro atoms. The van der Waals surface area contributed by atoms with Crippen molar-refractivity contribution in [3.8, 4) is 0 Å². The number of aromatic nitrogens is 1. The lowest BCUT2D eigenvalue weighted by molar-refractivity contribution is 0.550. The van der Waals surface area contributed by atoms with E-state index in [1.54, 1.807) is 12.3 Å². The van der Waals surface area contributed by atoms with Crippen molar-refractivity contribution in [3.63, 3.8) is 0 Å². The first-order chi connectivity index (χ1) is 11.3. The monoisotopic (exact) mass is 500 g/mol. The molecule has 1 aromatic heterocycles. The van der Waals surface area contributed by atoms with Crippen LogP contribution >= 0.6 is 35.6 Å². The second-order valence-electron chi connectivity index (χ2n) is 6.43. The van der Waals surface area contributed by atoms with Crippen LogP contribution in [0.4, 0.5) is 0 Å². The highest BCUT2D eigenvalue weighted by Crippen LogP contribution is 2.46. The van der Waals surface area contributed by atoms with Crippen LogP contribution in [0.15, 0.2) is 23.3 Å². The maximum atomic E-state index is 11.5. The maximum Gasteiger partial charge on any atom is 0.191 e. The summed E-state index contributed by atoms with van der Waals surface area (Å²) in [6.07, 6.45) is 5.72. The smallest absolute Gasteiger partial charge is 0.191 e. The van der Waals surface area contributed by atoms with Gasteiger partial charge in [-0.25, -0.2) is 13.4 Å². The molecule has 0 saturated heterocycles. The lowest BCUT2D eigenvalue weighted by Crippen LogP contribution is -2.39. The quantitative estimate of drug-likeness (QED) is 0.248. The fourth-order valence-electron chi connectivity index (χ4n) is 2.55. The van der Waals surface area contributed by atoms with Crippen LogP contribution in [-0.2, 0) is 16.3 Å². The minimum atomic E-state index is -2.96. The summed E-state index contributed by atoms with van der Waals surface area (Å²) in [5.74, 6) is 0.943. The predicted molar refractivity (Wildman–Crippen MR) is 114 cm³/mol. The second kappa shape index (κ2) is 9.91. The molecule has 142 valence electrons. The highest BCUT2D eigenvalue weighted by Gasteiger charge is 2.45. The van der Waals surface area contributed by atoms with Crippen LogP contribution in [0.3, 0.4) is 0 Å². The molecule has 1 fully saturated rings. The second-order valence-corrected chi connectivity index (χ2v) is 8.96. The van der Waals surface area contributed by atoms with E-state index in [1.165, 1.54) is 6.26 Å². The molecule has 0 radical (unpaired) electrons. The zero-order valence-corrected chi connectivity index (χ0v) is 18.5. The summed E-state index contributed by atoms with van der Waals surface area (Å²) in [4.78, 5) is 8.63. The minimum Gasteiger partial charge on any atom is -0.357 e. The third-order valence-corrected chi connectivity index (χ3v) is 5.30. The molecule has 0 unspecified atom stereocenters. The molecule has 1 heterocycles. The highest BCUT2D eigenvalue weighted by atomic mass is 127. The van der Waals surface area contributed by atoms with Crippen LogP contribution in [0.25, 0.3) is 0 Å². The average Bonchev–Trinajstić information content (AvgIpc) is 3.24. The number of halogens is 2. The van der Waals surface area contributed by atoms with Crippen LogP contribution in [0.2, 0.25) is 5.15 Å². The fraction of sp³-hybridized carbons (Fsp3) is 0.625. The molecular weight excluding hydrogens is 475 g/mol.